The van der Waals surface area contributed by atoms with Gasteiger partial charge in [-0.3, -0.25) is 4.79 Å². The average Bonchev–Trinajstić information content (AvgIpc) is 3.11. The molecule has 2 saturated heterocycles. The minimum absolute atomic E-state index is 0.0624. The van der Waals surface area contributed by atoms with Gasteiger partial charge in [0.05, 0.1) is 5.75 Å². The second kappa shape index (κ2) is 9.70. The fraction of sp³-hybridized carbons (Fsp3) is 0.938. The molecule has 0 spiro atoms. The van der Waals surface area contributed by atoms with E-state index in [0.29, 0.717) is 26.2 Å². The summed E-state index contributed by atoms with van der Waals surface area (Å²) in [5, 5.41) is 3.22. The number of rotatable bonds is 9. The molecule has 0 aromatic rings. The fourth-order valence-electron chi connectivity index (χ4n) is 3.34. The van der Waals surface area contributed by atoms with Crippen molar-refractivity contribution in [3.8, 4) is 0 Å². The van der Waals surface area contributed by atoms with Crippen molar-refractivity contribution in [1.29, 1.82) is 0 Å². The van der Waals surface area contributed by atoms with Crippen LogP contribution in [0.1, 0.15) is 32.6 Å². The molecule has 2 rings (SSSR count). The van der Waals surface area contributed by atoms with Crippen molar-refractivity contribution in [1.82, 2.24) is 19.4 Å². The van der Waals surface area contributed by atoms with Gasteiger partial charge in [0.25, 0.3) is 0 Å². The topological polar surface area (TPSA) is 73.0 Å². The van der Waals surface area contributed by atoms with Crippen molar-refractivity contribution in [3.05, 3.63) is 0 Å². The number of nitrogens with zero attached hydrogens (tertiary/aromatic N) is 3. The maximum atomic E-state index is 12.3. The third kappa shape index (κ3) is 5.98. The zero-order valence-corrected chi connectivity index (χ0v) is 15.7. The van der Waals surface area contributed by atoms with Crippen LogP contribution in [-0.2, 0) is 14.8 Å². The molecule has 0 aromatic heterocycles. The highest BCUT2D eigenvalue weighted by molar-refractivity contribution is 7.89. The monoisotopic (exact) mass is 360 g/mol. The second-order valence-electron chi connectivity index (χ2n) is 6.58. The van der Waals surface area contributed by atoms with Crippen LogP contribution in [0.15, 0.2) is 0 Å². The zero-order valence-electron chi connectivity index (χ0n) is 14.9. The number of nitrogens with one attached hydrogen (secondary N) is 1. The van der Waals surface area contributed by atoms with Crippen LogP contribution >= 0.6 is 0 Å². The molecule has 1 N–H and O–H groups in total. The summed E-state index contributed by atoms with van der Waals surface area (Å²) in [5.74, 6) is 0.158. The number of amides is 1. The standard InChI is InChI=1S/C16H32N4O3S/c1-2-24(22,23)20(12-5-11-18-9-3-4-10-18)13-6-16(21)19-14-7-17-8-15-19/h17H,2-15H2,1H3. The van der Waals surface area contributed by atoms with Gasteiger partial charge in [0.2, 0.25) is 15.9 Å². The second-order valence-corrected chi connectivity index (χ2v) is 8.84. The lowest BCUT2D eigenvalue weighted by molar-refractivity contribution is -0.131. The summed E-state index contributed by atoms with van der Waals surface area (Å²) in [6.45, 7) is 8.76. The summed E-state index contributed by atoms with van der Waals surface area (Å²) in [6, 6.07) is 0. The Balaban J connectivity index is 1.80. The third-order valence-corrected chi connectivity index (χ3v) is 6.77. The Morgan fingerprint density at radius 2 is 1.75 bits per heavy atom. The normalized spacial score (nSPS) is 20.0. The first-order valence-electron chi connectivity index (χ1n) is 9.21. The van der Waals surface area contributed by atoms with E-state index in [0.717, 1.165) is 39.1 Å². The van der Waals surface area contributed by atoms with Gasteiger partial charge >= 0.3 is 0 Å². The molecule has 2 heterocycles. The van der Waals surface area contributed by atoms with Crippen LogP contribution in [0.25, 0.3) is 0 Å². The van der Waals surface area contributed by atoms with Crippen LogP contribution in [0.4, 0.5) is 0 Å². The zero-order chi connectivity index (χ0) is 17.4. The molecule has 0 atom stereocenters. The van der Waals surface area contributed by atoms with E-state index in [2.05, 4.69) is 10.2 Å². The molecule has 0 aromatic carbocycles. The van der Waals surface area contributed by atoms with E-state index in [9.17, 15) is 13.2 Å². The molecular formula is C16H32N4O3S. The minimum Gasteiger partial charge on any atom is -0.340 e. The Morgan fingerprint density at radius 3 is 2.38 bits per heavy atom. The fourth-order valence-corrected chi connectivity index (χ4v) is 4.48. The van der Waals surface area contributed by atoms with Gasteiger partial charge in [0, 0.05) is 45.7 Å². The summed E-state index contributed by atoms with van der Waals surface area (Å²) in [4.78, 5) is 16.5. The van der Waals surface area contributed by atoms with Crippen LogP contribution in [-0.4, -0.2) is 93.1 Å². The maximum Gasteiger partial charge on any atom is 0.223 e. The number of carbonyl (C=O) groups excluding carboxylic acids is 1. The Morgan fingerprint density at radius 1 is 1.08 bits per heavy atom. The SMILES string of the molecule is CCS(=O)(=O)N(CCCN1CCCC1)CCC(=O)N1CCNCC1. The predicted molar refractivity (Wildman–Crippen MR) is 95.4 cm³/mol. The number of carbonyl (C=O) groups is 1. The molecule has 2 aliphatic rings. The van der Waals surface area contributed by atoms with Crippen LogP contribution in [0.2, 0.25) is 0 Å². The van der Waals surface area contributed by atoms with Gasteiger partial charge in [-0.2, -0.15) is 0 Å². The van der Waals surface area contributed by atoms with Gasteiger partial charge in [0.1, 0.15) is 0 Å². The lowest BCUT2D eigenvalue weighted by Gasteiger charge is -2.29. The van der Waals surface area contributed by atoms with E-state index < -0.39 is 10.0 Å². The van der Waals surface area contributed by atoms with Gasteiger partial charge in [0.15, 0.2) is 0 Å². The smallest absolute Gasteiger partial charge is 0.223 e. The van der Waals surface area contributed by atoms with Gasteiger partial charge in [-0.05, 0) is 45.8 Å². The van der Waals surface area contributed by atoms with Crippen LogP contribution in [0.3, 0.4) is 0 Å². The molecule has 8 heteroatoms. The first-order valence-corrected chi connectivity index (χ1v) is 10.8. The lowest BCUT2D eigenvalue weighted by atomic mass is 10.3. The van der Waals surface area contributed by atoms with Crippen LogP contribution < -0.4 is 5.32 Å². The van der Waals surface area contributed by atoms with Crippen molar-refractivity contribution < 1.29 is 13.2 Å². The maximum absolute atomic E-state index is 12.3. The minimum atomic E-state index is -3.25. The first-order chi connectivity index (χ1) is 11.5. The first kappa shape index (κ1) is 19.6. The molecule has 24 heavy (non-hydrogen) atoms. The molecule has 1 amide bonds. The Bertz CT molecular complexity index is 486. The molecule has 0 radical (unpaired) electrons. The molecule has 0 unspecified atom stereocenters. The summed E-state index contributed by atoms with van der Waals surface area (Å²) >= 11 is 0. The van der Waals surface area contributed by atoms with Crippen molar-refractivity contribution in [2.24, 2.45) is 0 Å². The number of hydrogen-bond donors (Lipinski definition) is 1. The third-order valence-electron chi connectivity index (χ3n) is 4.88. The van der Waals surface area contributed by atoms with Crippen molar-refractivity contribution in [3.63, 3.8) is 0 Å². The molecule has 140 valence electrons. The van der Waals surface area contributed by atoms with Crippen LogP contribution in [0, 0.1) is 0 Å². The Kier molecular flexibility index (Phi) is 7.93. The summed E-state index contributed by atoms with van der Waals surface area (Å²) < 4.78 is 26.1. The Hall–Kier alpha value is -0.700. The molecule has 2 aliphatic heterocycles. The van der Waals surface area contributed by atoms with Gasteiger partial charge in [-0.25, -0.2) is 12.7 Å². The molecular weight excluding hydrogens is 328 g/mol. The largest absolute Gasteiger partial charge is 0.340 e. The van der Waals surface area contributed by atoms with E-state index in [1.165, 1.54) is 17.1 Å². The summed E-state index contributed by atoms with van der Waals surface area (Å²) in [6.07, 6.45) is 3.61. The number of sulfonamides is 1. The Labute approximate surface area is 146 Å². The number of piperazine rings is 1. The number of likely N-dealkylation sites (tertiary alicyclic amines) is 1. The van der Waals surface area contributed by atoms with Crippen molar-refractivity contribution in [2.45, 2.75) is 32.6 Å². The van der Waals surface area contributed by atoms with E-state index in [4.69, 9.17) is 0 Å². The van der Waals surface area contributed by atoms with Gasteiger partial charge in [-0.15, -0.1) is 0 Å². The lowest BCUT2D eigenvalue weighted by Crippen LogP contribution is -2.47. The number of hydrogen-bond acceptors (Lipinski definition) is 5. The van der Waals surface area contributed by atoms with E-state index >= 15 is 0 Å². The van der Waals surface area contributed by atoms with Crippen molar-refractivity contribution >= 4 is 15.9 Å². The summed E-state index contributed by atoms with van der Waals surface area (Å²) in [7, 11) is -3.25. The van der Waals surface area contributed by atoms with Crippen molar-refractivity contribution in [2.75, 3.05) is 64.7 Å². The molecule has 0 saturated carbocycles. The molecule has 0 bridgehead atoms. The molecule has 2 fully saturated rings. The highest BCUT2D eigenvalue weighted by Gasteiger charge is 2.23. The van der Waals surface area contributed by atoms with E-state index in [-0.39, 0.29) is 18.1 Å². The molecule has 0 aliphatic carbocycles. The average molecular weight is 361 g/mol. The predicted octanol–water partition coefficient (Wildman–Crippen LogP) is -0.0541. The van der Waals surface area contributed by atoms with Gasteiger partial charge < -0.3 is 15.1 Å². The van der Waals surface area contributed by atoms with E-state index in [1.807, 2.05) is 4.90 Å². The quantitative estimate of drug-likeness (QED) is 0.624. The summed E-state index contributed by atoms with van der Waals surface area (Å²) in [5.41, 5.74) is 0. The highest BCUT2D eigenvalue weighted by Crippen LogP contribution is 2.10. The van der Waals surface area contributed by atoms with E-state index in [1.54, 1.807) is 6.92 Å². The van der Waals surface area contributed by atoms with Gasteiger partial charge in [-0.1, -0.05) is 0 Å². The highest BCUT2D eigenvalue weighted by atomic mass is 32.2. The molecule has 7 nitrogen and oxygen atoms in total. The van der Waals surface area contributed by atoms with Crippen LogP contribution in [0.5, 0.6) is 0 Å².